The van der Waals surface area contributed by atoms with Gasteiger partial charge >= 0.3 is 0 Å². The number of para-hydroxylation sites is 1. The van der Waals surface area contributed by atoms with Gasteiger partial charge in [0.25, 0.3) is 0 Å². The first-order valence-corrected chi connectivity index (χ1v) is 6.81. The molecule has 0 spiro atoms. The second-order valence-corrected chi connectivity index (χ2v) is 5.24. The Morgan fingerprint density at radius 1 is 1.05 bits per heavy atom. The van der Waals surface area contributed by atoms with Crippen LogP contribution in [0.25, 0.3) is 20.8 Å². The molecular formula is C15H12FNO2S. The molecular weight excluding hydrogens is 277 g/mol. The van der Waals surface area contributed by atoms with Gasteiger partial charge in [-0.3, -0.25) is 0 Å². The van der Waals surface area contributed by atoms with Crippen molar-refractivity contribution in [3.8, 4) is 22.1 Å². The van der Waals surface area contributed by atoms with Crippen LogP contribution >= 0.6 is 11.3 Å². The Kier molecular flexibility index (Phi) is 3.28. The molecule has 2 aromatic carbocycles. The molecule has 3 aromatic rings. The first-order valence-electron chi connectivity index (χ1n) is 6.00. The molecule has 0 saturated carbocycles. The van der Waals surface area contributed by atoms with E-state index < -0.39 is 0 Å². The average molecular weight is 289 g/mol. The number of rotatable bonds is 3. The zero-order valence-corrected chi connectivity index (χ0v) is 11.8. The molecule has 0 saturated heterocycles. The molecule has 5 heteroatoms. The molecule has 0 aliphatic rings. The number of hydrogen-bond donors (Lipinski definition) is 0. The molecule has 0 aliphatic carbocycles. The van der Waals surface area contributed by atoms with Crippen LogP contribution in [-0.2, 0) is 0 Å². The largest absolute Gasteiger partial charge is 0.497 e. The Bertz CT molecular complexity index is 747. The minimum absolute atomic E-state index is 0.306. The molecule has 0 N–H and O–H groups in total. The lowest BCUT2D eigenvalue weighted by molar-refractivity contribution is 0.394. The van der Waals surface area contributed by atoms with Gasteiger partial charge in [0.2, 0.25) is 0 Å². The van der Waals surface area contributed by atoms with Gasteiger partial charge in [-0.2, -0.15) is 0 Å². The van der Waals surface area contributed by atoms with Crippen LogP contribution in [-0.4, -0.2) is 19.2 Å². The molecule has 0 amide bonds. The molecule has 3 nitrogen and oxygen atoms in total. The van der Waals surface area contributed by atoms with E-state index in [0.717, 1.165) is 15.3 Å². The molecule has 0 unspecified atom stereocenters. The van der Waals surface area contributed by atoms with Crippen molar-refractivity contribution in [1.29, 1.82) is 0 Å². The van der Waals surface area contributed by atoms with E-state index in [9.17, 15) is 4.39 Å². The Morgan fingerprint density at radius 2 is 1.75 bits per heavy atom. The number of aromatic nitrogens is 1. The summed E-state index contributed by atoms with van der Waals surface area (Å²) in [4.78, 5) is 4.37. The highest BCUT2D eigenvalue weighted by molar-refractivity contribution is 7.21. The van der Waals surface area contributed by atoms with Gasteiger partial charge in [0.15, 0.2) is 0 Å². The first-order chi connectivity index (χ1) is 9.71. The van der Waals surface area contributed by atoms with E-state index in [1.165, 1.54) is 17.4 Å². The molecule has 0 atom stereocenters. The lowest BCUT2D eigenvalue weighted by Crippen LogP contribution is -1.88. The highest BCUT2D eigenvalue weighted by atomic mass is 32.1. The van der Waals surface area contributed by atoms with Gasteiger partial charge in [-0.05, 0) is 24.3 Å². The SMILES string of the molecule is COc1cc(OC)cc(-c2nc3c(F)cccc3s2)c1. The molecule has 1 heterocycles. The van der Waals surface area contributed by atoms with Gasteiger partial charge in [0.05, 0.1) is 18.9 Å². The van der Waals surface area contributed by atoms with Crippen LogP contribution in [0.3, 0.4) is 0 Å². The van der Waals surface area contributed by atoms with Crippen molar-refractivity contribution in [2.45, 2.75) is 0 Å². The van der Waals surface area contributed by atoms with Crippen LogP contribution in [0, 0.1) is 5.82 Å². The summed E-state index contributed by atoms with van der Waals surface area (Å²) in [5, 5.41) is 0.738. The minimum atomic E-state index is -0.306. The maximum Gasteiger partial charge on any atom is 0.150 e. The third-order valence-corrected chi connectivity index (χ3v) is 4.04. The number of methoxy groups -OCH3 is 2. The molecule has 0 bridgehead atoms. The number of hydrogen-bond acceptors (Lipinski definition) is 4. The summed E-state index contributed by atoms with van der Waals surface area (Å²) in [5.41, 5.74) is 1.25. The molecule has 102 valence electrons. The number of fused-ring (bicyclic) bond motifs is 1. The molecule has 20 heavy (non-hydrogen) atoms. The summed E-state index contributed by atoms with van der Waals surface area (Å²) in [6, 6.07) is 10.5. The summed E-state index contributed by atoms with van der Waals surface area (Å²) in [5.74, 6) is 1.05. The van der Waals surface area contributed by atoms with Crippen molar-refractivity contribution in [3.05, 3.63) is 42.2 Å². The summed E-state index contributed by atoms with van der Waals surface area (Å²) in [6.07, 6.45) is 0. The van der Waals surface area contributed by atoms with Crippen molar-refractivity contribution in [3.63, 3.8) is 0 Å². The predicted octanol–water partition coefficient (Wildman–Crippen LogP) is 4.12. The second kappa shape index (κ2) is 5.09. The van der Waals surface area contributed by atoms with E-state index in [1.807, 2.05) is 18.2 Å². The zero-order chi connectivity index (χ0) is 14.1. The number of nitrogens with zero attached hydrogens (tertiary/aromatic N) is 1. The Labute approximate surface area is 119 Å². The molecule has 3 rings (SSSR count). The normalized spacial score (nSPS) is 10.8. The molecule has 0 radical (unpaired) electrons. The van der Waals surface area contributed by atoms with Gasteiger partial charge in [-0.15, -0.1) is 11.3 Å². The number of halogens is 1. The highest BCUT2D eigenvalue weighted by Gasteiger charge is 2.11. The minimum Gasteiger partial charge on any atom is -0.497 e. The smallest absolute Gasteiger partial charge is 0.150 e. The van der Waals surface area contributed by atoms with Crippen LogP contribution in [0.2, 0.25) is 0 Å². The molecule has 0 aliphatic heterocycles. The number of thiazole rings is 1. The van der Waals surface area contributed by atoms with Gasteiger partial charge in [0, 0.05) is 11.6 Å². The molecule has 0 fully saturated rings. The fourth-order valence-corrected chi connectivity index (χ4v) is 2.94. The maximum absolute atomic E-state index is 13.7. The van der Waals surface area contributed by atoms with E-state index in [2.05, 4.69) is 4.98 Å². The summed E-state index contributed by atoms with van der Waals surface area (Å²) in [7, 11) is 3.19. The van der Waals surface area contributed by atoms with E-state index in [1.54, 1.807) is 26.4 Å². The Morgan fingerprint density at radius 3 is 2.35 bits per heavy atom. The topological polar surface area (TPSA) is 31.4 Å². The van der Waals surface area contributed by atoms with Gasteiger partial charge in [0.1, 0.15) is 27.8 Å². The monoisotopic (exact) mass is 289 g/mol. The van der Waals surface area contributed by atoms with Gasteiger partial charge in [-0.25, -0.2) is 9.37 Å². The van der Waals surface area contributed by atoms with E-state index in [0.29, 0.717) is 17.0 Å². The molecule has 1 aromatic heterocycles. The summed E-state index contributed by atoms with van der Waals surface area (Å²) < 4.78 is 25.0. The van der Waals surface area contributed by atoms with Crippen LogP contribution < -0.4 is 9.47 Å². The third-order valence-electron chi connectivity index (χ3n) is 2.97. The van der Waals surface area contributed by atoms with Crippen molar-refractivity contribution in [2.75, 3.05) is 14.2 Å². The Balaban J connectivity index is 2.17. The summed E-state index contributed by atoms with van der Waals surface area (Å²) in [6.45, 7) is 0. The Hall–Kier alpha value is -2.14. The van der Waals surface area contributed by atoms with Crippen molar-refractivity contribution < 1.29 is 13.9 Å². The van der Waals surface area contributed by atoms with E-state index >= 15 is 0 Å². The fraction of sp³-hybridized carbons (Fsp3) is 0.133. The maximum atomic E-state index is 13.7. The standard InChI is InChI=1S/C15H12FNO2S/c1-18-10-6-9(7-11(8-10)19-2)15-17-14-12(16)4-3-5-13(14)20-15/h3-8H,1-2H3. The van der Waals surface area contributed by atoms with E-state index in [4.69, 9.17) is 9.47 Å². The lowest BCUT2D eigenvalue weighted by Gasteiger charge is -2.06. The van der Waals surface area contributed by atoms with Crippen molar-refractivity contribution in [2.24, 2.45) is 0 Å². The average Bonchev–Trinajstić information content (AvgIpc) is 2.92. The summed E-state index contributed by atoms with van der Waals surface area (Å²) >= 11 is 1.44. The van der Waals surface area contributed by atoms with E-state index in [-0.39, 0.29) is 5.82 Å². The lowest BCUT2D eigenvalue weighted by atomic mass is 10.2. The number of ether oxygens (including phenoxy) is 2. The van der Waals surface area contributed by atoms with Gasteiger partial charge in [-0.1, -0.05) is 6.07 Å². The highest BCUT2D eigenvalue weighted by Crippen LogP contribution is 2.35. The fourth-order valence-electron chi connectivity index (χ4n) is 1.97. The van der Waals surface area contributed by atoms with Gasteiger partial charge < -0.3 is 9.47 Å². The van der Waals surface area contributed by atoms with Crippen LogP contribution in [0.4, 0.5) is 4.39 Å². The zero-order valence-electron chi connectivity index (χ0n) is 11.0. The predicted molar refractivity (Wildman–Crippen MR) is 78.1 cm³/mol. The quantitative estimate of drug-likeness (QED) is 0.727. The van der Waals surface area contributed by atoms with Crippen LogP contribution in [0.5, 0.6) is 11.5 Å². The van der Waals surface area contributed by atoms with Crippen molar-refractivity contribution in [1.82, 2.24) is 4.98 Å². The second-order valence-electron chi connectivity index (χ2n) is 4.21. The first kappa shape index (κ1) is 12.9. The van der Waals surface area contributed by atoms with Crippen LogP contribution in [0.1, 0.15) is 0 Å². The third kappa shape index (κ3) is 2.20. The number of benzene rings is 2. The van der Waals surface area contributed by atoms with Crippen LogP contribution in [0.15, 0.2) is 36.4 Å². The van der Waals surface area contributed by atoms with Crippen molar-refractivity contribution >= 4 is 21.6 Å².